The number of nitro benzene ring substituents is 1. The van der Waals surface area contributed by atoms with Gasteiger partial charge < -0.3 is 10.4 Å². The highest BCUT2D eigenvalue weighted by atomic mass is 16.6. The molecule has 2 N–H and O–H groups in total. The largest absolute Gasteiger partial charge is 0.480 e. The maximum absolute atomic E-state index is 11.0. The van der Waals surface area contributed by atoms with Crippen LogP contribution in [0.15, 0.2) is 12.1 Å². The summed E-state index contributed by atoms with van der Waals surface area (Å²) in [5.74, 6) is -0.905. The molecule has 0 radical (unpaired) electrons. The molecule has 0 aliphatic heterocycles. The van der Waals surface area contributed by atoms with Gasteiger partial charge in [0.05, 0.1) is 11.5 Å². The number of nitrogens with zero attached hydrogens (tertiary/aromatic N) is 1. The third-order valence-corrected chi connectivity index (χ3v) is 3.10. The van der Waals surface area contributed by atoms with Gasteiger partial charge in [0.15, 0.2) is 0 Å². The lowest BCUT2D eigenvalue weighted by Gasteiger charge is -2.09. The Labute approximate surface area is 111 Å². The van der Waals surface area contributed by atoms with Crippen molar-refractivity contribution in [2.75, 3.05) is 13.1 Å². The fourth-order valence-electron chi connectivity index (χ4n) is 1.93. The number of nitro groups is 1. The predicted octanol–water partition coefficient (Wildman–Crippen LogP) is 1.82. The summed E-state index contributed by atoms with van der Waals surface area (Å²) in [6.07, 6.45) is 1.23. The molecular weight excluding hydrogens is 248 g/mol. The highest BCUT2D eigenvalue weighted by Crippen LogP contribution is 2.25. The molecule has 6 nitrogen and oxygen atoms in total. The van der Waals surface area contributed by atoms with Gasteiger partial charge in [-0.25, -0.2) is 0 Å². The lowest BCUT2D eigenvalue weighted by Crippen LogP contribution is -2.23. The van der Waals surface area contributed by atoms with Crippen LogP contribution in [0.1, 0.15) is 23.1 Å². The first-order valence-corrected chi connectivity index (χ1v) is 6.09. The van der Waals surface area contributed by atoms with E-state index in [9.17, 15) is 14.9 Å². The predicted molar refractivity (Wildman–Crippen MR) is 71.4 cm³/mol. The number of nitrogens with one attached hydrogen (secondary N) is 1. The fraction of sp³-hybridized carbons (Fsp3) is 0.462. The molecule has 0 atom stereocenters. The van der Waals surface area contributed by atoms with Gasteiger partial charge in [-0.15, -0.1) is 0 Å². The molecule has 0 spiro atoms. The molecule has 1 rings (SSSR count). The molecule has 1 aromatic rings. The molecule has 0 aromatic heterocycles. The van der Waals surface area contributed by atoms with Gasteiger partial charge in [0, 0.05) is 11.6 Å². The van der Waals surface area contributed by atoms with Crippen LogP contribution in [0.25, 0.3) is 0 Å². The summed E-state index contributed by atoms with van der Waals surface area (Å²) >= 11 is 0. The quantitative estimate of drug-likeness (QED) is 0.446. The van der Waals surface area contributed by atoms with Crippen molar-refractivity contribution >= 4 is 11.7 Å². The second kappa shape index (κ2) is 6.84. The van der Waals surface area contributed by atoms with Crippen molar-refractivity contribution in [3.05, 3.63) is 38.9 Å². The van der Waals surface area contributed by atoms with E-state index in [1.54, 1.807) is 6.07 Å². The first-order chi connectivity index (χ1) is 8.93. The summed E-state index contributed by atoms with van der Waals surface area (Å²) in [4.78, 5) is 20.9. The number of hydrogen-bond acceptors (Lipinski definition) is 4. The Kier molecular flexibility index (Phi) is 5.44. The number of carboxylic acids is 1. The Morgan fingerprint density at radius 1 is 1.42 bits per heavy atom. The fourth-order valence-corrected chi connectivity index (χ4v) is 1.93. The Morgan fingerprint density at radius 2 is 2.11 bits per heavy atom. The van der Waals surface area contributed by atoms with Crippen LogP contribution >= 0.6 is 0 Å². The zero-order chi connectivity index (χ0) is 14.4. The number of rotatable bonds is 7. The van der Waals surface area contributed by atoms with Gasteiger partial charge in [0.25, 0.3) is 5.69 Å². The van der Waals surface area contributed by atoms with Crippen LogP contribution in [0, 0.1) is 24.0 Å². The molecular formula is C13H18N2O4. The van der Waals surface area contributed by atoms with Gasteiger partial charge in [-0.05, 0) is 44.4 Å². The Morgan fingerprint density at radius 3 is 2.68 bits per heavy atom. The maximum Gasteiger partial charge on any atom is 0.317 e. The molecule has 0 amide bonds. The molecule has 0 heterocycles. The van der Waals surface area contributed by atoms with E-state index in [-0.39, 0.29) is 17.2 Å². The molecule has 0 saturated heterocycles. The van der Waals surface area contributed by atoms with E-state index in [4.69, 9.17) is 5.11 Å². The van der Waals surface area contributed by atoms with E-state index in [2.05, 4.69) is 5.32 Å². The minimum Gasteiger partial charge on any atom is -0.480 e. The molecule has 104 valence electrons. The zero-order valence-electron chi connectivity index (χ0n) is 11.1. The number of carboxylic acid groups (broad SMARTS) is 1. The molecule has 6 heteroatoms. The van der Waals surface area contributed by atoms with Crippen molar-refractivity contribution in [1.29, 1.82) is 0 Å². The highest BCUT2D eigenvalue weighted by Gasteiger charge is 2.16. The second-order valence-electron chi connectivity index (χ2n) is 4.44. The highest BCUT2D eigenvalue weighted by molar-refractivity contribution is 5.68. The van der Waals surface area contributed by atoms with Crippen molar-refractivity contribution < 1.29 is 14.8 Å². The SMILES string of the molecule is Cc1ccc([N+](=O)[O-])c(CCCNCC(=O)O)c1C. The van der Waals surface area contributed by atoms with Crippen LogP contribution < -0.4 is 5.32 Å². The van der Waals surface area contributed by atoms with Crippen molar-refractivity contribution in [2.45, 2.75) is 26.7 Å². The topological polar surface area (TPSA) is 92.5 Å². The standard InChI is InChI=1S/C13H18N2O4/c1-9-5-6-12(15(18)19)11(10(9)2)4-3-7-14-8-13(16)17/h5-6,14H,3-4,7-8H2,1-2H3,(H,16,17). The van der Waals surface area contributed by atoms with Gasteiger partial charge in [-0.3, -0.25) is 14.9 Å². The van der Waals surface area contributed by atoms with Gasteiger partial charge in [-0.2, -0.15) is 0 Å². The molecule has 0 aliphatic carbocycles. The van der Waals surface area contributed by atoms with Gasteiger partial charge in [-0.1, -0.05) is 6.07 Å². The summed E-state index contributed by atoms with van der Waals surface area (Å²) in [6, 6.07) is 3.28. The van der Waals surface area contributed by atoms with Crippen LogP contribution in [-0.4, -0.2) is 29.1 Å². The number of hydrogen-bond donors (Lipinski definition) is 2. The van der Waals surface area contributed by atoms with Crippen molar-refractivity contribution in [1.82, 2.24) is 5.32 Å². The van der Waals surface area contributed by atoms with E-state index in [0.29, 0.717) is 19.4 Å². The van der Waals surface area contributed by atoms with Crippen LogP contribution in [-0.2, 0) is 11.2 Å². The third-order valence-electron chi connectivity index (χ3n) is 3.10. The van der Waals surface area contributed by atoms with E-state index < -0.39 is 5.97 Å². The maximum atomic E-state index is 11.0. The lowest BCUT2D eigenvalue weighted by molar-refractivity contribution is -0.385. The molecule has 0 saturated carbocycles. The van der Waals surface area contributed by atoms with E-state index in [0.717, 1.165) is 16.7 Å². The monoisotopic (exact) mass is 266 g/mol. The first-order valence-electron chi connectivity index (χ1n) is 6.09. The van der Waals surface area contributed by atoms with E-state index in [1.807, 2.05) is 13.8 Å². The minimum atomic E-state index is -0.905. The first kappa shape index (κ1) is 15.1. The summed E-state index contributed by atoms with van der Waals surface area (Å²) in [6.45, 7) is 4.24. The van der Waals surface area contributed by atoms with Crippen LogP contribution in [0.4, 0.5) is 5.69 Å². The molecule has 0 fully saturated rings. The lowest BCUT2D eigenvalue weighted by atomic mass is 9.97. The molecule has 1 aromatic carbocycles. The number of aryl methyl sites for hydroxylation is 1. The molecule has 0 bridgehead atoms. The van der Waals surface area contributed by atoms with E-state index in [1.165, 1.54) is 6.07 Å². The number of carbonyl (C=O) groups is 1. The van der Waals surface area contributed by atoms with E-state index >= 15 is 0 Å². The summed E-state index contributed by atoms with van der Waals surface area (Å²) in [7, 11) is 0. The van der Waals surface area contributed by atoms with Gasteiger partial charge >= 0.3 is 5.97 Å². The van der Waals surface area contributed by atoms with Crippen molar-refractivity contribution in [3.63, 3.8) is 0 Å². The zero-order valence-corrected chi connectivity index (χ0v) is 11.1. The Bertz CT molecular complexity index is 486. The van der Waals surface area contributed by atoms with Gasteiger partial charge in [0.1, 0.15) is 0 Å². The minimum absolute atomic E-state index is 0.0884. The summed E-state index contributed by atoms with van der Waals surface area (Å²) in [5.41, 5.74) is 2.84. The Balaban J connectivity index is 2.68. The third kappa shape index (κ3) is 4.33. The second-order valence-corrected chi connectivity index (χ2v) is 4.44. The molecule has 0 aliphatic rings. The number of aliphatic carboxylic acids is 1. The normalized spacial score (nSPS) is 10.4. The molecule has 19 heavy (non-hydrogen) atoms. The molecule has 0 unspecified atom stereocenters. The van der Waals surface area contributed by atoms with Crippen LogP contribution in [0.5, 0.6) is 0 Å². The smallest absolute Gasteiger partial charge is 0.317 e. The number of benzene rings is 1. The van der Waals surface area contributed by atoms with Crippen LogP contribution in [0.2, 0.25) is 0 Å². The van der Waals surface area contributed by atoms with Gasteiger partial charge in [0.2, 0.25) is 0 Å². The van der Waals surface area contributed by atoms with Crippen molar-refractivity contribution in [2.24, 2.45) is 0 Å². The summed E-state index contributed by atoms with van der Waals surface area (Å²) in [5, 5.41) is 22.2. The summed E-state index contributed by atoms with van der Waals surface area (Å²) < 4.78 is 0. The average Bonchev–Trinajstić information content (AvgIpc) is 2.33. The van der Waals surface area contributed by atoms with Crippen molar-refractivity contribution in [3.8, 4) is 0 Å². The average molecular weight is 266 g/mol. The van der Waals surface area contributed by atoms with Crippen LogP contribution in [0.3, 0.4) is 0 Å². The Hall–Kier alpha value is -1.95.